The van der Waals surface area contributed by atoms with E-state index in [0.717, 1.165) is 28.4 Å². The number of carboxylic acids is 2. The SMILES string of the molecule is O=C(NCc1ccccc1)c1cnn2c1CN(Cc1ccco1)Cc1cccnc1-2.O=C(O)C(F)(F)F.O=C(O)C(F)(F)F. The summed E-state index contributed by atoms with van der Waals surface area (Å²) in [6.45, 7) is 2.36. The molecule has 1 aliphatic rings. The van der Waals surface area contributed by atoms with Gasteiger partial charge in [0.25, 0.3) is 5.91 Å². The van der Waals surface area contributed by atoms with Gasteiger partial charge in [0.1, 0.15) is 5.76 Å². The molecule has 17 heteroatoms. The van der Waals surface area contributed by atoms with Crippen molar-refractivity contribution >= 4 is 17.8 Å². The molecular formula is C27H23F6N5O6. The van der Waals surface area contributed by atoms with Crippen LogP contribution in [0, 0.1) is 0 Å². The first-order valence-corrected chi connectivity index (χ1v) is 12.3. The number of halogens is 6. The second-order valence-corrected chi connectivity index (χ2v) is 8.90. The standard InChI is InChI=1S/C23H21N5O2.2C2HF3O2/c29-23(25-12-17-6-2-1-3-7-17)20-13-26-28-21(20)16-27(15-19-9-5-11-30-19)14-18-8-4-10-24-22(18)28;2*3-2(4,5)1(6)7/h1-11,13H,12,14-16H2,(H,25,29);2*(H,6,7). The minimum atomic E-state index is -5.08. The molecule has 0 saturated heterocycles. The number of aromatic nitrogens is 3. The molecule has 0 aliphatic carbocycles. The molecule has 0 spiro atoms. The average Bonchev–Trinajstić information content (AvgIpc) is 3.59. The number of amides is 1. The smallest absolute Gasteiger partial charge is 0.475 e. The van der Waals surface area contributed by atoms with E-state index in [4.69, 9.17) is 24.2 Å². The minimum absolute atomic E-state index is 0.141. The Bertz CT molecular complexity index is 1530. The van der Waals surface area contributed by atoms with Crippen molar-refractivity contribution < 1.29 is 55.4 Å². The van der Waals surface area contributed by atoms with Gasteiger partial charge in [0.2, 0.25) is 0 Å². The van der Waals surface area contributed by atoms with Gasteiger partial charge in [-0.15, -0.1) is 0 Å². The van der Waals surface area contributed by atoms with Gasteiger partial charge in [-0.1, -0.05) is 36.4 Å². The molecule has 11 nitrogen and oxygen atoms in total. The van der Waals surface area contributed by atoms with E-state index in [9.17, 15) is 31.1 Å². The van der Waals surface area contributed by atoms with E-state index in [2.05, 4.69) is 20.3 Å². The van der Waals surface area contributed by atoms with Gasteiger partial charge < -0.3 is 19.9 Å². The maximum atomic E-state index is 13.0. The summed E-state index contributed by atoms with van der Waals surface area (Å²) in [7, 11) is 0. The van der Waals surface area contributed by atoms with Crippen molar-refractivity contribution in [3.05, 3.63) is 101 Å². The lowest BCUT2D eigenvalue weighted by molar-refractivity contribution is -0.193. The number of carboxylic acid groups (broad SMARTS) is 2. The number of nitrogens with zero attached hydrogens (tertiary/aromatic N) is 4. The van der Waals surface area contributed by atoms with Gasteiger partial charge in [-0.25, -0.2) is 19.3 Å². The Balaban J connectivity index is 0.000000317. The van der Waals surface area contributed by atoms with E-state index in [-0.39, 0.29) is 5.91 Å². The van der Waals surface area contributed by atoms with Crippen molar-refractivity contribution in [3.8, 4) is 5.82 Å². The van der Waals surface area contributed by atoms with E-state index in [0.29, 0.717) is 31.7 Å². The molecule has 44 heavy (non-hydrogen) atoms. The average molecular weight is 627 g/mol. The van der Waals surface area contributed by atoms with E-state index >= 15 is 0 Å². The lowest BCUT2D eigenvalue weighted by atomic mass is 10.2. The summed E-state index contributed by atoms with van der Waals surface area (Å²) in [6, 6.07) is 17.7. The Morgan fingerprint density at radius 2 is 1.52 bits per heavy atom. The van der Waals surface area contributed by atoms with Crippen LogP contribution in [0.3, 0.4) is 0 Å². The zero-order valence-corrected chi connectivity index (χ0v) is 22.3. The summed E-state index contributed by atoms with van der Waals surface area (Å²) in [5, 5.41) is 21.8. The van der Waals surface area contributed by atoms with Crippen molar-refractivity contribution in [3.63, 3.8) is 0 Å². The Morgan fingerprint density at radius 1 is 0.886 bits per heavy atom. The molecule has 4 heterocycles. The van der Waals surface area contributed by atoms with E-state index in [1.54, 1.807) is 23.3 Å². The third-order valence-corrected chi connectivity index (χ3v) is 5.69. The topological polar surface area (TPSA) is 151 Å². The van der Waals surface area contributed by atoms with Crippen LogP contribution in [0.15, 0.2) is 77.7 Å². The number of hydrogen-bond donors (Lipinski definition) is 3. The maximum absolute atomic E-state index is 13.0. The molecule has 234 valence electrons. The number of carbonyl (C=O) groups excluding carboxylic acids is 1. The molecule has 3 aromatic heterocycles. The molecule has 1 amide bonds. The largest absolute Gasteiger partial charge is 0.490 e. The highest BCUT2D eigenvalue weighted by Crippen LogP contribution is 2.26. The molecule has 0 unspecified atom stereocenters. The van der Waals surface area contributed by atoms with Gasteiger partial charge in [0.05, 0.1) is 30.3 Å². The molecule has 0 saturated carbocycles. The molecule has 1 aliphatic heterocycles. The second kappa shape index (κ2) is 14.3. The number of rotatable bonds is 5. The monoisotopic (exact) mass is 627 g/mol. The number of hydrogen-bond acceptors (Lipinski definition) is 7. The number of alkyl halides is 6. The first-order valence-electron chi connectivity index (χ1n) is 12.3. The fourth-order valence-electron chi connectivity index (χ4n) is 3.76. The third kappa shape index (κ3) is 9.41. The first-order chi connectivity index (χ1) is 20.7. The number of pyridine rings is 1. The Labute approximate surface area is 244 Å². The van der Waals surface area contributed by atoms with Crippen molar-refractivity contribution in [1.29, 1.82) is 0 Å². The fourth-order valence-corrected chi connectivity index (χ4v) is 3.76. The van der Waals surface area contributed by atoms with E-state index < -0.39 is 24.3 Å². The van der Waals surface area contributed by atoms with Crippen molar-refractivity contribution in [2.75, 3.05) is 0 Å². The van der Waals surface area contributed by atoms with Gasteiger partial charge in [-0.3, -0.25) is 9.69 Å². The van der Waals surface area contributed by atoms with Crippen LogP contribution in [0.4, 0.5) is 26.3 Å². The molecule has 0 radical (unpaired) electrons. The Kier molecular flexibility index (Phi) is 10.8. The van der Waals surface area contributed by atoms with Crippen molar-refractivity contribution in [2.24, 2.45) is 0 Å². The molecule has 5 rings (SSSR count). The minimum Gasteiger partial charge on any atom is -0.475 e. The second-order valence-electron chi connectivity index (χ2n) is 8.90. The van der Waals surface area contributed by atoms with E-state index in [1.165, 1.54) is 0 Å². The molecule has 1 aromatic carbocycles. The highest BCUT2D eigenvalue weighted by molar-refractivity contribution is 5.95. The maximum Gasteiger partial charge on any atom is 0.490 e. The van der Waals surface area contributed by atoms with Gasteiger partial charge in [-0.2, -0.15) is 31.4 Å². The predicted octanol–water partition coefficient (Wildman–Crippen LogP) is 4.57. The summed E-state index contributed by atoms with van der Waals surface area (Å²) in [5.74, 6) is -4.02. The Morgan fingerprint density at radius 3 is 2.09 bits per heavy atom. The molecule has 0 atom stereocenters. The Hall–Kier alpha value is -5.19. The summed E-state index contributed by atoms with van der Waals surface area (Å²) < 4.78 is 70.8. The number of carbonyl (C=O) groups is 3. The van der Waals surface area contributed by atoms with Gasteiger partial charge in [0.15, 0.2) is 5.82 Å². The highest BCUT2D eigenvalue weighted by atomic mass is 19.4. The quantitative estimate of drug-likeness (QED) is 0.270. The summed E-state index contributed by atoms with van der Waals surface area (Å²) >= 11 is 0. The van der Waals surface area contributed by atoms with Crippen LogP contribution in [0.1, 0.15) is 32.9 Å². The summed E-state index contributed by atoms with van der Waals surface area (Å²) in [4.78, 5) is 37.5. The lowest BCUT2D eigenvalue weighted by Crippen LogP contribution is -2.26. The molecular weight excluding hydrogens is 604 g/mol. The normalized spacial score (nSPS) is 12.7. The summed E-state index contributed by atoms with van der Waals surface area (Å²) in [5.41, 5.74) is 3.50. The van der Waals surface area contributed by atoms with Crippen LogP contribution in [0.2, 0.25) is 0 Å². The summed E-state index contributed by atoms with van der Waals surface area (Å²) in [6.07, 6.45) is -5.11. The van der Waals surface area contributed by atoms with Gasteiger partial charge in [0, 0.05) is 31.4 Å². The van der Waals surface area contributed by atoms with Crippen LogP contribution in [-0.4, -0.2) is 60.1 Å². The van der Waals surface area contributed by atoms with Crippen molar-refractivity contribution in [2.45, 2.75) is 38.5 Å². The lowest BCUT2D eigenvalue weighted by Gasteiger charge is -2.19. The number of furan rings is 1. The molecule has 3 N–H and O–H groups in total. The number of fused-ring (bicyclic) bond motifs is 3. The highest BCUT2D eigenvalue weighted by Gasteiger charge is 2.39. The fraction of sp³-hybridized carbons (Fsp3) is 0.222. The number of aliphatic carboxylic acids is 2. The van der Waals surface area contributed by atoms with Gasteiger partial charge in [-0.05, 0) is 23.8 Å². The zero-order chi connectivity index (χ0) is 32.5. The van der Waals surface area contributed by atoms with E-state index in [1.807, 2.05) is 54.6 Å². The predicted molar refractivity (Wildman–Crippen MR) is 138 cm³/mol. The number of nitrogens with one attached hydrogen (secondary N) is 1. The molecule has 0 fully saturated rings. The molecule has 4 aromatic rings. The van der Waals surface area contributed by atoms with Crippen LogP contribution in [-0.2, 0) is 35.8 Å². The number of benzene rings is 1. The third-order valence-electron chi connectivity index (χ3n) is 5.69. The zero-order valence-electron chi connectivity index (χ0n) is 22.3. The van der Waals surface area contributed by atoms with Gasteiger partial charge >= 0.3 is 24.3 Å². The first kappa shape index (κ1) is 33.3. The van der Waals surface area contributed by atoms with Crippen LogP contribution in [0.5, 0.6) is 0 Å². The van der Waals surface area contributed by atoms with Crippen LogP contribution < -0.4 is 5.32 Å². The molecule has 0 bridgehead atoms. The van der Waals surface area contributed by atoms with Crippen molar-refractivity contribution in [1.82, 2.24) is 25.0 Å². The van der Waals surface area contributed by atoms with Crippen LogP contribution >= 0.6 is 0 Å². The van der Waals surface area contributed by atoms with Crippen LogP contribution in [0.25, 0.3) is 5.82 Å².